The average Bonchev–Trinajstić information content (AvgIpc) is 2.61. The number of aliphatic hydroxyl groups excluding tert-OH is 1. The van der Waals surface area contributed by atoms with Crippen LogP contribution in [0.2, 0.25) is 0 Å². The Morgan fingerprint density at radius 1 is 1.29 bits per heavy atom. The van der Waals surface area contributed by atoms with Gasteiger partial charge in [0.2, 0.25) is 6.79 Å². The van der Waals surface area contributed by atoms with Crippen molar-refractivity contribution in [3.8, 4) is 11.5 Å². The number of halogens is 1. The fourth-order valence-electron chi connectivity index (χ4n) is 1.42. The summed E-state index contributed by atoms with van der Waals surface area (Å²) >= 11 is 0. The Kier molecular flexibility index (Phi) is 2.54. The van der Waals surface area contributed by atoms with Crippen LogP contribution in [0.15, 0.2) is 12.1 Å². The van der Waals surface area contributed by atoms with E-state index in [0.717, 1.165) is 0 Å². The fraction of sp³-hybridized carbons (Fsp3) is 0.400. The second-order valence-corrected chi connectivity index (χ2v) is 3.12. The Hall–Kier alpha value is -1.29. The zero-order valence-corrected chi connectivity index (χ0v) is 7.62. The van der Waals surface area contributed by atoms with Crippen LogP contribution in [0.5, 0.6) is 11.5 Å². The third kappa shape index (κ3) is 1.65. The zero-order chi connectivity index (χ0) is 9.97. The molecule has 0 amide bonds. The van der Waals surface area contributed by atoms with E-state index in [1.807, 2.05) is 0 Å². The third-order valence-corrected chi connectivity index (χ3v) is 2.15. The van der Waals surface area contributed by atoms with Crippen LogP contribution in [0.25, 0.3) is 0 Å². The highest BCUT2D eigenvalue weighted by atomic mass is 19.1. The molecule has 0 atom stereocenters. The molecule has 1 aliphatic rings. The van der Waals surface area contributed by atoms with Gasteiger partial charge in [0.25, 0.3) is 0 Å². The third-order valence-electron chi connectivity index (χ3n) is 2.15. The first-order valence-corrected chi connectivity index (χ1v) is 4.50. The van der Waals surface area contributed by atoms with E-state index in [0.29, 0.717) is 29.9 Å². The standard InChI is InChI=1S/C10H11FO3/c11-8-5-10-9(13-6-14-10)4-7(8)2-1-3-12/h4-5,12H,1-3,6H2. The number of aliphatic hydroxyl groups is 1. The van der Waals surface area contributed by atoms with E-state index in [2.05, 4.69) is 0 Å². The minimum absolute atomic E-state index is 0.0634. The molecule has 2 rings (SSSR count). The molecule has 4 heteroatoms. The van der Waals surface area contributed by atoms with E-state index >= 15 is 0 Å². The molecule has 1 N–H and O–H groups in total. The van der Waals surface area contributed by atoms with E-state index < -0.39 is 0 Å². The first-order chi connectivity index (χ1) is 6.81. The van der Waals surface area contributed by atoms with Crippen molar-refractivity contribution in [2.75, 3.05) is 13.4 Å². The maximum absolute atomic E-state index is 13.4. The largest absolute Gasteiger partial charge is 0.454 e. The van der Waals surface area contributed by atoms with Crippen LogP contribution in [0.3, 0.4) is 0 Å². The second-order valence-electron chi connectivity index (χ2n) is 3.12. The fourth-order valence-corrected chi connectivity index (χ4v) is 1.42. The number of benzene rings is 1. The Bertz CT molecular complexity index is 338. The van der Waals surface area contributed by atoms with Crippen LogP contribution in [0.1, 0.15) is 12.0 Å². The van der Waals surface area contributed by atoms with Crippen LogP contribution in [0, 0.1) is 5.82 Å². The topological polar surface area (TPSA) is 38.7 Å². The molecule has 1 aromatic rings. The van der Waals surface area contributed by atoms with Crippen LogP contribution in [0.4, 0.5) is 4.39 Å². The zero-order valence-electron chi connectivity index (χ0n) is 7.62. The summed E-state index contributed by atoms with van der Waals surface area (Å²) in [6.45, 7) is 0.214. The monoisotopic (exact) mass is 198 g/mol. The van der Waals surface area contributed by atoms with Gasteiger partial charge in [0.05, 0.1) is 0 Å². The number of rotatable bonds is 3. The first-order valence-electron chi connectivity index (χ1n) is 4.50. The summed E-state index contributed by atoms with van der Waals surface area (Å²) in [4.78, 5) is 0. The lowest BCUT2D eigenvalue weighted by molar-refractivity contribution is 0.174. The van der Waals surface area contributed by atoms with Gasteiger partial charge in [-0.3, -0.25) is 0 Å². The Balaban J connectivity index is 2.23. The van der Waals surface area contributed by atoms with Crippen molar-refractivity contribution in [1.29, 1.82) is 0 Å². The average molecular weight is 198 g/mol. The maximum Gasteiger partial charge on any atom is 0.231 e. The molecular weight excluding hydrogens is 187 g/mol. The summed E-state index contributed by atoms with van der Waals surface area (Å²) in [7, 11) is 0. The molecule has 0 aliphatic carbocycles. The van der Waals surface area contributed by atoms with Crippen molar-refractivity contribution >= 4 is 0 Å². The van der Waals surface area contributed by atoms with Gasteiger partial charge in [-0.15, -0.1) is 0 Å². The molecule has 0 unspecified atom stereocenters. The molecule has 0 bridgehead atoms. The van der Waals surface area contributed by atoms with Crippen LogP contribution < -0.4 is 9.47 Å². The van der Waals surface area contributed by atoms with E-state index in [9.17, 15) is 4.39 Å². The molecule has 76 valence electrons. The molecule has 0 saturated carbocycles. The molecule has 0 saturated heterocycles. The quantitative estimate of drug-likeness (QED) is 0.799. The Morgan fingerprint density at radius 3 is 2.71 bits per heavy atom. The molecule has 0 fully saturated rings. The number of hydrogen-bond donors (Lipinski definition) is 1. The maximum atomic E-state index is 13.4. The van der Waals surface area contributed by atoms with Crippen molar-refractivity contribution in [2.24, 2.45) is 0 Å². The van der Waals surface area contributed by atoms with Gasteiger partial charge in [-0.1, -0.05) is 0 Å². The van der Waals surface area contributed by atoms with Crippen molar-refractivity contribution in [2.45, 2.75) is 12.8 Å². The highest BCUT2D eigenvalue weighted by molar-refractivity contribution is 5.45. The SMILES string of the molecule is OCCCc1cc2c(cc1F)OCO2. The minimum atomic E-state index is -0.303. The number of ether oxygens (including phenoxy) is 2. The van der Waals surface area contributed by atoms with Gasteiger partial charge < -0.3 is 14.6 Å². The molecule has 1 aromatic carbocycles. The van der Waals surface area contributed by atoms with Gasteiger partial charge >= 0.3 is 0 Å². The summed E-state index contributed by atoms with van der Waals surface area (Å²) in [5.41, 5.74) is 0.559. The second kappa shape index (κ2) is 3.84. The highest BCUT2D eigenvalue weighted by Gasteiger charge is 2.16. The van der Waals surface area contributed by atoms with Crippen LogP contribution >= 0.6 is 0 Å². The lowest BCUT2D eigenvalue weighted by Crippen LogP contribution is -1.93. The van der Waals surface area contributed by atoms with Crippen LogP contribution in [-0.4, -0.2) is 18.5 Å². The van der Waals surface area contributed by atoms with Gasteiger partial charge in [0, 0.05) is 12.7 Å². The molecule has 1 heterocycles. The van der Waals surface area contributed by atoms with Crippen molar-refractivity contribution in [1.82, 2.24) is 0 Å². The lowest BCUT2D eigenvalue weighted by atomic mass is 10.1. The van der Waals surface area contributed by atoms with E-state index in [1.54, 1.807) is 6.07 Å². The van der Waals surface area contributed by atoms with Gasteiger partial charge in [0.1, 0.15) is 5.82 Å². The first kappa shape index (κ1) is 9.27. The Morgan fingerprint density at radius 2 is 2.00 bits per heavy atom. The van der Waals surface area contributed by atoms with Gasteiger partial charge in [0.15, 0.2) is 11.5 Å². The highest BCUT2D eigenvalue weighted by Crippen LogP contribution is 2.34. The summed E-state index contributed by atoms with van der Waals surface area (Å²) in [5.74, 6) is 0.734. The van der Waals surface area contributed by atoms with E-state index in [-0.39, 0.29) is 19.2 Å². The van der Waals surface area contributed by atoms with Crippen LogP contribution in [-0.2, 0) is 6.42 Å². The van der Waals surface area contributed by atoms with Crippen molar-refractivity contribution < 1.29 is 19.0 Å². The molecule has 1 aliphatic heterocycles. The summed E-state index contributed by atoms with van der Waals surface area (Å²) < 4.78 is 23.5. The molecule has 0 aromatic heterocycles. The van der Waals surface area contributed by atoms with Crippen molar-refractivity contribution in [3.05, 3.63) is 23.5 Å². The smallest absolute Gasteiger partial charge is 0.231 e. The minimum Gasteiger partial charge on any atom is -0.454 e. The summed E-state index contributed by atoms with van der Waals surface area (Å²) in [6, 6.07) is 2.96. The molecular formula is C10H11FO3. The lowest BCUT2D eigenvalue weighted by Gasteiger charge is -2.03. The molecule has 14 heavy (non-hydrogen) atoms. The predicted molar refractivity (Wildman–Crippen MR) is 47.9 cm³/mol. The van der Waals surface area contributed by atoms with Crippen molar-refractivity contribution in [3.63, 3.8) is 0 Å². The number of hydrogen-bond acceptors (Lipinski definition) is 3. The van der Waals surface area contributed by atoms with E-state index in [1.165, 1.54) is 6.07 Å². The van der Waals surface area contributed by atoms with Gasteiger partial charge in [-0.2, -0.15) is 0 Å². The molecule has 3 nitrogen and oxygen atoms in total. The normalized spacial score (nSPS) is 13.3. The Labute approximate surface area is 81.1 Å². The van der Waals surface area contributed by atoms with Gasteiger partial charge in [-0.05, 0) is 24.5 Å². The summed E-state index contributed by atoms with van der Waals surface area (Å²) in [5, 5.41) is 8.63. The summed E-state index contributed by atoms with van der Waals surface area (Å²) in [6.07, 6.45) is 1.07. The van der Waals surface area contributed by atoms with E-state index in [4.69, 9.17) is 14.6 Å². The number of fused-ring (bicyclic) bond motifs is 1. The number of aryl methyl sites for hydroxylation is 1. The molecule has 0 radical (unpaired) electrons. The molecule has 0 spiro atoms. The predicted octanol–water partition coefficient (Wildman–Crippen LogP) is 1.48. The van der Waals surface area contributed by atoms with Gasteiger partial charge in [-0.25, -0.2) is 4.39 Å².